The van der Waals surface area contributed by atoms with Crippen LogP contribution in [0.4, 0.5) is 8.78 Å². The normalized spacial score (nSPS) is 18.4. The molecule has 24 heavy (non-hydrogen) atoms. The van der Waals surface area contributed by atoms with Gasteiger partial charge in [-0.3, -0.25) is 9.69 Å². The third-order valence-corrected chi connectivity index (χ3v) is 6.06. The highest BCUT2D eigenvalue weighted by atomic mass is 32.2. The number of sulfonamides is 1. The monoisotopic (exact) mass is 361 g/mol. The summed E-state index contributed by atoms with van der Waals surface area (Å²) in [5.74, 6) is -1.99. The summed E-state index contributed by atoms with van der Waals surface area (Å²) in [6, 6.07) is 2.06. The van der Waals surface area contributed by atoms with E-state index in [0.29, 0.717) is 19.2 Å². The number of carbonyl (C=O) groups is 1. The van der Waals surface area contributed by atoms with Crippen LogP contribution in [0.3, 0.4) is 0 Å². The largest absolute Gasteiger partial charge is 0.347 e. The van der Waals surface area contributed by atoms with Crippen molar-refractivity contribution >= 4 is 15.9 Å². The molecule has 0 unspecified atom stereocenters. The Morgan fingerprint density at radius 1 is 1.17 bits per heavy atom. The Morgan fingerprint density at radius 3 is 2.25 bits per heavy atom. The SMILES string of the molecule is C[C@H](C(=O)N(C)C)N1CCN(S(=O)(=O)c2ccc(F)cc2F)CC1. The van der Waals surface area contributed by atoms with Gasteiger partial charge in [-0.1, -0.05) is 0 Å². The molecule has 1 aliphatic heterocycles. The molecule has 0 N–H and O–H groups in total. The number of benzene rings is 1. The molecular formula is C15H21F2N3O3S. The first-order chi connectivity index (χ1) is 11.1. The number of carbonyl (C=O) groups excluding carboxylic acids is 1. The Bertz CT molecular complexity index is 717. The van der Waals surface area contributed by atoms with E-state index in [0.717, 1.165) is 16.4 Å². The molecule has 0 aliphatic carbocycles. The number of hydrogen-bond donors (Lipinski definition) is 0. The van der Waals surface area contributed by atoms with Crippen LogP contribution < -0.4 is 0 Å². The van der Waals surface area contributed by atoms with E-state index >= 15 is 0 Å². The van der Waals surface area contributed by atoms with E-state index in [-0.39, 0.29) is 25.0 Å². The van der Waals surface area contributed by atoms with Crippen LogP contribution in [0.1, 0.15) is 6.92 Å². The Hall–Kier alpha value is -1.58. The van der Waals surface area contributed by atoms with E-state index in [1.807, 2.05) is 4.90 Å². The summed E-state index contributed by atoms with van der Waals surface area (Å²) in [5, 5.41) is 0. The molecule has 0 spiro atoms. The van der Waals surface area contributed by atoms with Gasteiger partial charge in [0.1, 0.15) is 16.5 Å². The molecule has 0 radical (unpaired) electrons. The van der Waals surface area contributed by atoms with Crippen molar-refractivity contribution in [3.8, 4) is 0 Å². The summed E-state index contributed by atoms with van der Waals surface area (Å²) in [6.07, 6.45) is 0. The van der Waals surface area contributed by atoms with Crippen molar-refractivity contribution in [2.75, 3.05) is 40.3 Å². The molecule has 0 saturated carbocycles. The smallest absolute Gasteiger partial charge is 0.246 e. The summed E-state index contributed by atoms with van der Waals surface area (Å²) in [6.45, 7) is 2.78. The maximum atomic E-state index is 13.8. The fourth-order valence-corrected chi connectivity index (χ4v) is 4.15. The van der Waals surface area contributed by atoms with E-state index in [1.165, 1.54) is 4.90 Å². The molecule has 0 bridgehead atoms. The van der Waals surface area contributed by atoms with Gasteiger partial charge in [0.15, 0.2) is 0 Å². The van der Waals surface area contributed by atoms with Crippen LogP contribution in [0.2, 0.25) is 0 Å². The molecule has 1 aromatic carbocycles. The lowest BCUT2D eigenvalue weighted by Crippen LogP contribution is -2.54. The number of amides is 1. The van der Waals surface area contributed by atoms with Crippen molar-refractivity contribution in [2.24, 2.45) is 0 Å². The minimum absolute atomic E-state index is 0.0594. The summed E-state index contributed by atoms with van der Waals surface area (Å²) >= 11 is 0. The van der Waals surface area contributed by atoms with Gasteiger partial charge in [-0.15, -0.1) is 0 Å². The van der Waals surface area contributed by atoms with Crippen molar-refractivity contribution in [3.05, 3.63) is 29.8 Å². The van der Waals surface area contributed by atoms with Gasteiger partial charge in [0.05, 0.1) is 6.04 Å². The number of likely N-dealkylation sites (N-methyl/N-ethyl adjacent to an activating group) is 1. The number of hydrogen-bond acceptors (Lipinski definition) is 4. The quantitative estimate of drug-likeness (QED) is 0.794. The van der Waals surface area contributed by atoms with Crippen molar-refractivity contribution in [3.63, 3.8) is 0 Å². The number of halogens is 2. The summed E-state index contributed by atoms with van der Waals surface area (Å²) < 4.78 is 52.9. The van der Waals surface area contributed by atoms with Crippen molar-refractivity contribution in [1.82, 2.24) is 14.1 Å². The topological polar surface area (TPSA) is 60.9 Å². The van der Waals surface area contributed by atoms with Crippen LogP contribution in [0.15, 0.2) is 23.1 Å². The zero-order valence-corrected chi connectivity index (χ0v) is 14.7. The van der Waals surface area contributed by atoms with Crippen LogP contribution in [-0.2, 0) is 14.8 Å². The Morgan fingerprint density at radius 2 is 1.75 bits per heavy atom. The van der Waals surface area contributed by atoms with Crippen LogP contribution in [0, 0.1) is 11.6 Å². The molecule has 1 amide bonds. The molecule has 6 nitrogen and oxygen atoms in total. The Labute approximate surface area is 140 Å². The predicted molar refractivity (Wildman–Crippen MR) is 84.8 cm³/mol. The minimum atomic E-state index is -4.03. The van der Waals surface area contributed by atoms with Gasteiger partial charge in [0.2, 0.25) is 15.9 Å². The second kappa shape index (κ2) is 7.12. The molecule has 1 aliphatic rings. The van der Waals surface area contributed by atoms with Gasteiger partial charge in [-0.05, 0) is 19.1 Å². The Kier molecular flexibility index (Phi) is 5.56. The van der Waals surface area contributed by atoms with Crippen molar-refractivity contribution in [1.29, 1.82) is 0 Å². The van der Waals surface area contributed by atoms with Gasteiger partial charge < -0.3 is 4.90 Å². The Balaban J connectivity index is 2.10. The van der Waals surface area contributed by atoms with Gasteiger partial charge in [0.25, 0.3) is 0 Å². The first-order valence-corrected chi connectivity index (χ1v) is 8.99. The number of rotatable bonds is 4. The van der Waals surface area contributed by atoms with E-state index < -0.39 is 26.6 Å². The fourth-order valence-electron chi connectivity index (χ4n) is 2.68. The first kappa shape index (κ1) is 18.8. The molecule has 1 atom stereocenters. The second-order valence-corrected chi connectivity index (χ2v) is 7.83. The first-order valence-electron chi connectivity index (χ1n) is 7.55. The highest BCUT2D eigenvalue weighted by Crippen LogP contribution is 2.22. The summed E-state index contributed by atoms with van der Waals surface area (Å²) in [7, 11) is -0.698. The average Bonchev–Trinajstić information content (AvgIpc) is 2.53. The molecule has 1 aromatic rings. The number of piperazine rings is 1. The lowest BCUT2D eigenvalue weighted by atomic mass is 10.2. The maximum absolute atomic E-state index is 13.8. The third-order valence-electron chi connectivity index (χ3n) is 4.13. The second-order valence-electron chi connectivity index (χ2n) is 5.92. The van der Waals surface area contributed by atoms with E-state index in [2.05, 4.69) is 0 Å². The standard InChI is InChI=1S/C15H21F2N3O3S/c1-11(15(21)18(2)3)19-6-8-20(9-7-19)24(22,23)14-5-4-12(16)10-13(14)17/h4-5,10-11H,6-9H2,1-3H3/t11-/m1/s1. The fraction of sp³-hybridized carbons (Fsp3) is 0.533. The van der Waals surface area contributed by atoms with Crippen molar-refractivity contribution in [2.45, 2.75) is 17.9 Å². The summed E-state index contributed by atoms with van der Waals surface area (Å²) in [5.41, 5.74) is 0. The molecule has 1 heterocycles. The maximum Gasteiger partial charge on any atom is 0.246 e. The summed E-state index contributed by atoms with van der Waals surface area (Å²) in [4.78, 5) is 14.8. The number of nitrogens with zero attached hydrogens (tertiary/aromatic N) is 3. The third kappa shape index (κ3) is 3.73. The molecule has 134 valence electrons. The van der Waals surface area contributed by atoms with Crippen LogP contribution in [0.25, 0.3) is 0 Å². The molecule has 2 rings (SSSR count). The molecule has 9 heteroatoms. The molecule has 0 aromatic heterocycles. The zero-order chi connectivity index (χ0) is 18.1. The molecular weight excluding hydrogens is 340 g/mol. The lowest BCUT2D eigenvalue weighted by molar-refractivity contribution is -0.134. The van der Waals surface area contributed by atoms with Gasteiger partial charge >= 0.3 is 0 Å². The van der Waals surface area contributed by atoms with E-state index in [1.54, 1.807) is 21.0 Å². The van der Waals surface area contributed by atoms with Crippen molar-refractivity contribution < 1.29 is 22.0 Å². The lowest BCUT2D eigenvalue weighted by Gasteiger charge is -2.37. The van der Waals surface area contributed by atoms with Crippen LogP contribution in [-0.4, -0.2) is 74.7 Å². The van der Waals surface area contributed by atoms with E-state index in [4.69, 9.17) is 0 Å². The molecule has 1 saturated heterocycles. The minimum Gasteiger partial charge on any atom is -0.347 e. The van der Waals surface area contributed by atoms with Crippen LogP contribution >= 0.6 is 0 Å². The highest BCUT2D eigenvalue weighted by molar-refractivity contribution is 7.89. The van der Waals surface area contributed by atoms with Crippen LogP contribution in [0.5, 0.6) is 0 Å². The highest BCUT2D eigenvalue weighted by Gasteiger charge is 2.33. The average molecular weight is 361 g/mol. The van der Waals surface area contributed by atoms with Gasteiger partial charge in [-0.2, -0.15) is 4.31 Å². The predicted octanol–water partition coefficient (Wildman–Crippen LogP) is 0.748. The van der Waals surface area contributed by atoms with Gasteiger partial charge in [-0.25, -0.2) is 17.2 Å². The zero-order valence-electron chi connectivity index (χ0n) is 13.9. The molecule has 1 fully saturated rings. The van der Waals surface area contributed by atoms with Gasteiger partial charge in [0, 0.05) is 46.3 Å². The van der Waals surface area contributed by atoms with E-state index in [9.17, 15) is 22.0 Å².